The third-order valence-electron chi connectivity index (χ3n) is 4.09. The third-order valence-corrected chi connectivity index (χ3v) is 4.52. The van der Waals surface area contributed by atoms with Gasteiger partial charge in [0.2, 0.25) is 0 Å². The van der Waals surface area contributed by atoms with Crippen molar-refractivity contribution < 1.29 is 9.21 Å². The van der Waals surface area contributed by atoms with E-state index in [0.29, 0.717) is 10.4 Å². The lowest BCUT2D eigenvalue weighted by molar-refractivity contribution is 0.0995. The summed E-state index contributed by atoms with van der Waals surface area (Å²) in [5.41, 5.74) is 4.46. The van der Waals surface area contributed by atoms with Gasteiger partial charge in [-0.15, -0.1) is 0 Å². The van der Waals surface area contributed by atoms with Crippen LogP contribution in [0, 0.1) is 6.92 Å². The molecule has 2 aromatic heterocycles. The van der Waals surface area contributed by atoms with Gasteiger partial charge in [0, 0.05) is 10.9 Å². The number of pyridine rings is 1. The number of hydrogen-bond donors (Lipinski definition) is 1. The highest BCUT2D eigenvalue weighted by Gasteiger charge is 2.14. The Kier molecular flexibility index (Phi) is 4.31. The number of nitrogens with zero attached hydrogens (tertiary/aromatic N) is 1. The lowest BCUT2D eigenvalue weighted by atomic mass is 10.1. The molecule has 0 unspecified atom stereocenters. The highest BCUT2D eigenvalue weighted by molar-refractivity contribution is 9.10. The van der Waals surface area contributed by atoms with Gasteiger partial charge in [0.15, 0.2) is 10.4 Å². The molecule has 26 heavy (non-hydrogen) atoms. The van der Waals surface area contributed by atoms with Crippen LogP contribution in [0.4, 0.5) is 5.69 Å². The fourth-order valence-corrected chi connectivity index (χ4v) is 3.14. The molecule has 2 heterocycles. The molecule has 4 nitrogen and oxygen atoms in total. The minimum Gasteiger partial charge on any atom is -0.444 e. The zero-order valence-electron chi connectivity index (χ0n) is 14.0. The Balaban J connectivity index is 1.71. The number of rotatable bonds is 3. The highest BCUT2D eigenvalue weighted by Crippen LogP contribution is 2.29. The second kappa shape index (κ2) is 6.77. The molecule has 2 aromatic carbocycles. The van der Waals surface area contributed by atoms with E-state index < -0.39 is 0 Å². The summed E-state index contributed by atoms with van der Waals surface area (Å²) in [6, 6.07) is 21.1. The average Bonchev–Trinajstić information content (AvgIpc) is 3.08. The Labute approximate surface area is 159 Å². The van der Waals surface area contributed by atoms with E-state index in [1.807, 2.05) is 48.5 Å². The molecule has 4 aromatic rings. The maximum Gasteiger partial charge on any atom is 0.291 e. The molecular formula is C21H15BrN2O2. The van der Waals surface area contributed by atoms with E-state index >= 15 is 0 Å². The van der Waals surface area contributed by atoms with Crippen LogP contribution in [-0.4, -0.2) is 10.9 Å². The largest absolute Gasteiger partial charge is 0.444 e. The van der Waals surface area contributed by atoms with E-state index in [0.717, 1.165) is 22.2 Å². The highest BCUT2D eigenvalue weighted by atomic mass is 79.9. The number of nitrogens with one attached hydrogen (secondary N) is 1. The fourth-order valence-electron chi connectivity index (χ4n) is 2.83. The molecule has 128 valence electrons. The summed E-state index contributed by atoms with van der Waals surface area (Å²) in [7, 11) is 0. The average molecular weight is 407 g/mol. The van der Waals surface area contributed by atoms with Crippen LogP contribution in [0.25, 0.3) is 22.2 Å². The number of aryl methyl sites for hydroxylation is 1. The number of fused-ring (bicyclic) bond motifs is 1. The van der Waals surface area contributed by atoms with Gasteiger partial charge in [-0.1, -0.05) is 35.9 Å². The first-order valence-corrected chi connectivity index (χ1v) is 8.93. The van der Waals surface area contributed by atoms with Crippen LogP contribution in [0.2, 0.25) is 0 Å². The van der Waals surface area contributed by atoms with Crippen molar-refractivity contribution >= 4 is 38.4 Å². The van der Waals surface area contributed by atoms with E-state index in [9.17, 15) is 4.79 Å². The van der Waals surface area contributed by atoms with Gasteiger partial charge in [-0.3, -0.25) is 4.79 Å². The summed E-state index contributed by atoms with van der Waals surface area (Å²) < 4.78 is 5.84. The van der Waals surface area contributed by atoms with Crippen molar-refractivity contribution in [2.24, 2.45) is 0 Å². The Bertz CT molecular complexity index is 1120. The quantitative estimate of drug-likeness (QED) is 0.466. The van der Waals surface area contributed by atoms with Crippen LogP contribution in [0.3, 0.4) is 0 Å². The Morgan fingerprint density at radius 3 is 2.69 bits per heavy atom. The Morgan fingerprint density at radius 2 is 1.88 bits per heavy atom. The molecule has 4 rings (SSSR count). The topological polar surface area (TPSA) is 55.1 Å². The number of carbonyl (C=O) groups is 1. The van der Waals surface area contributed by atoms with E-state index in [1.54, 1.807) is 12.1 Å². The Morgan fingerprint density at radius 1 is 1.04 bits per heavy atom. The standard InChI is InChI=1S/C21H15BrN2O2/c1-13-6-8-16-14(12-13)7-9-18(23-16)15-4-2-3-5-17(15)24-21(25)19-10-11-20(22)26-19/h2-12H,1H3,(H,24,25). The maximum atomic E-state index is 12.4. The first-order chi connectivity index (χ1) is 12.6. The van der Waals surface area contributed by atoms with Gasteiger partial charge in [0.1, 0.15) is 0 Å². The number of anilines is 1. The van der Waals surface area contributed by atoms with Gasteiger partial charge in [-0.25, -0.2) is 4.98 Å². The summed E-state index contributed by atoms with van der Waals surface area (Å²) >= 11 is 3.21. The number of amides is 1. The van der Waals surface area contributed by atoms with Crippen molar-refractivity contribution in [1.29, 1.82) is 0 Å². The van der Waals surface area contributed by atoms with Crippen molar-refractivity contribution in [2.75, 3.05) is 5.32 Å². The van der Waals surface area contributed by atoms with Gasteiger partial charge < -0.3 is 9.73 Å². The molecule has 0 aliphatic heterocycles. The second-order valence-corrected chi connectivity index (χ2v) is 6.78. The van der Waals surface area contributed by atoms with E-state index in [4.69, 9.17) is 9.40 Å². The molecule has 0 spiro atoms. The minimum atomic E-state index is -0.306. The van der Waals surface area contributed by atoms with Crippen LogP contribution >= 0.6 is 15.9 Å². The smallest absolute Gasteiger partial charge is 0.291 e. The maximum absolute atomic E-state index is 12.4. The molecule has 0 aliphatic carbocycles. The SMILES string of the molecule is Cc1ccc2nc(-c3ccccc3NC(=O)c3ccc(Br)o3)ccc2c1. The number of furan rings is 1. The predicted molar refractivity (Wildman–Crippen MR) is 106 cm³/mol. The summed E-state index contributed by atoms with van der Waals surface area (Å²) in [5, 5.41) is 4.00. The summed E-state index contributed by atoms with van der Waals surface area (Å²) in [5.74, 6) is -0.0619. The number of aromatic nitrogens is 1. The third kappa shape index (κ3) is 3.26. The van der Waals surface area contributed by atoms with Crippen molar-refractivity contribution in [3.63, 3.8) is 0 Å². The van der Waals surface area contributed by atoms with Gasteiger partial charge in [0.05, 0.1) is 16.9 Å². The van der Waals surface area contributed by atoms with Gasteiger partial charge >= 0.3 is 0 Å². The van der Waals surface area contributed by atoms with Crippen LogP contribution < -0.4 is 5.32 Å². The summed E-state index contributed by atoms with van der Waals surface area (Å²) in [6.07, 6.45) is 0. The first-order valence-electron chi connectivity index (χ1n) is 8.14. The first kappa shape index (κ1) is 16.5. The van der Waals surface area contributed by atoms with Crippen molar-refractivity contribution in [1.82, 2.24) is 4.98 Å². The monoisotopic (exact) mass is 406 g/mol. The number of carbonyl (C=O) groups excluding carboxylic acids is 1. The number of para-hydroxylation sites is 1. The molecule has 1 N–H and O–H groups in total. The minimum absolute atomic E-state index is 0.244. The Hall–Kier alpha value is -2.92. The van der Waals surface area contributed by atoms with Gasteiger partial charge in [-0.05, 0) is 59.3 Å². The molecule has 0 radical (unpaired) electrons. The molecule has 1 amide bonds. The number of benzene rings is 2. The van der Waals surface area contributed by atoms with Gasteiger partial charge in [-0.2, -0.15) is 0 Å². The number of hydrogen-bond acceptors (Lipinski definition) is 3. The zero-order chi connectivity index (χ0) is 18.1. The van der Waals surface area contributed by atoms with E-state index in [2.05, 4.69) is 34.2 Å². The van der Waals surface area contributed by atoms with Crippen molar-refractivity contribution in [3.05, 3.63) is 82.7 Å². The molecule has 5 heteroatoms. The second-order valence-electron chi connectivity index (χ2n) is 6.00. The zero-order valence-corrected chi connectivity index (χ0v) is 15.6. The molecule has 0 bridgehead atoms. The van der Waals surface area contributed by atoms with E-state index in [1.165, 1.54) is 5.56 Å². The van der Waals surface area contributed by atoms with Crippen LogP contribution in [0.5, 0.6) is 0 Å². The molecule has 0 saturated heterocycles. The number of halogens is 1. The molecule has 0 saturated carbocycles. The van der Waals surface area contributed by atoms with Gasteiger partial charge in [0.25, 0.3) is 5.91 Å². The normalized spacial score (nSPS) is 10.8. The summed E-state index contributed by atoms with van der Waals surface area (Å²) in [4.78, 5) is 17.2. The lowest BCUT2D eigenvalue weighted by Gasteiger charge is -2.11. The predicted octanol–water partition coefficient (Wildman–Crippen LogP) is 5.82. The van der Waals surface area contributed by atoms with E-state index in [-0.39, 0.29) is 11.7 Å². The molecule has 0 atom stereocenters. The lowest BCUT2D eigenvalue weighted by Crippen LogP contribution is -2.11. The van der Waals surface area contributed by atoms with Crippen LogP contribution in [-0.2, 0) is 0 Å². The summed E-state index contributed by atoms with van der Waals surface area (Å²) in [6.45, 7) is 2.06. The van der Waals surface area contributed by atoms with Crippen LogP contribution in [0.15, 0.2) is 75.8 Å². The van der Waals surface area contributed by atoms with Crippen LogP contribution in [0.1, 0.15) is 16.1 Å². The van der Waals surface area contributed by atoms with Crippen molar-refractivity contribution in [2.45, 2.75) is 6.92 Å². The fraction of sp³-hybridized carbons (Fsp3) is 0.0476. The molecular weight excluding hydrogens is 392 g/mol. The molecule has 0 aliphatic rings. The van der Waals surface area contributed by atoms with Crippen molar-refractivity contribution in [3.8, 4) is 11.3 Å². The molecule has 0 fully saturated rings.